The van der Waals surface area contributed by atoms with E-state index in [0.29, 0.717) is 0 Å². The number of hydrogen-bond donors (Lipinski definition) is 3. The van der Waals surface area contributed by atoms with E-state index in [1.807, 2.05) is 0 Å². The second kappa shape index (κ2) is 5.55. The van der Waals surface area contributed by atoms with Crippen LogP contribution in [0.25, 0.3) is 0 Å². The van der Waals surface area contributed by atoms with E-state index in [2.05, 4.69) is 5.32 Å². The molecule has 108 valence electrons. The molecular weight excluding hydrogens is 266 g/mol. The molecule has 8 heteroatoms. The van der Waals surface area contributed by atoms with E-state index in [1.54, 1.807) is 13.8 Å². The van der Waals surface area contributed by atoms with Crippen LogP contribution in [0.1, 0.15) is 30.6 Å². The summed E-state index contributed by atoms with van der Waals surface area (Å²) in [5.41, 5.74) is 3.43. The molecular formula is C12H15N3O5. The van der Waals surface area contributed by atoms with E-state index < -0.39 is 22.3 Å². The Kier molecular flexibility index (Phi) is 4.28. The SMILES string of the molecule is CC(C)(CC(N)=O)Nc1c(C(=O)O)cccc1[N+](=O)[O-]. The maximum atomic E-state index is 11.2. The standard InChI is InChI=1S/C12H15N3O5/c1-12(2,6-9(13)16)14-10-7(11(17)18)4-3-5-8(10)15(19)20/h3-5,14H,6H2,1-2H3,(H2,13,16)(H,17,18). The summed E-state index contributed by atoms with van der Waals surface area (Å²) in [6, 6.07) is 3.72. The van der Waals surface area contributed by atoms with Crippen molar-refractivity contribution in [2.24, 2.45) is 5.73 Å². The van der Waals surface area contributed by atoms with E-state index in [-0.39, 0.29) is 23.4 Å². The number of nitrogens with one attached hydrogen (secondary N) is 1. The number of aromatic carboxylic acids is 1. The highest BCUT2D eigenvalue weighted by Crippen LogP contribution is 2.31. The number of carboxylic acid groups (broad SMARTS) is 1. The molecule has 0 atom stereocenters. The fraction of sp³-hybridized carbons (Fsp3) is 0.333. The van der Waals surface area contributed by atoms with Gasteiger partial charge in [0.1, 0.15) is 5.69 Å². The van der Waals surface area contributed by atoms with Gasteiger partial charge in [-0.2, -0.15) is 0 Å². The Morgan fingerprint density at radius 1 is 1.45 bits per heavy atom. The zero-order chi connectivity index (χ0) is 15.5. The highest BCUT2D eigenvalue weighted by atomic mass is 16.6. The molecule has 0 aliphatic carbocycles. The molecule has 0 radical (unpaired) electrons. The molecule has 1 aromatic rings. The van der Waals surface area contributed by atoms with E-state index in [0.717, 1.165) is 0 Å². The molecule has 0 heterocycles. The van der Waals surface area contributed by atoms with Crippen molar-refractivity contribution in [3.05, 3.63) is 33.9 Å². The predicted octanol–water partition coefficient (Wildman–Crippen LogP) is 1.36. The molecule has 20 heavy (non-hydrogen) atoms. The van der Waals surface area contributed by atoms with Crippen molar-refractivity contribution < 1.29 is 19.6 Å². The first-order valence-corrected chi connectivity index (χ1v) is 5.71. The number of para-hydroxylation sites is 1. The van der Waals surface area contributed by atoms with Crippen LogP contribution in [0.15, 0.2) is 18.2 Å². The Hall–Kier alpha value is -2.64. The summed E-state index contributed by atoms with van der Waals surface area (Å²) < 4.78 is 0. The number of primary amides is 1. The van der Waals surface area contributed by atoms with Crippen molar-refractivity contribution in [1.82, 2.24) is 0 Å². The summed E-state index contributed by atoms with van der Waals surface area (Å²) in [4.78, 5) is 32.4. The third-order valence-electron chi connectivity index (χ3n) is 2.55. The Morgan fingerprint density at radius 3 is 2.50 bits per heavy atom. The lowest BCUT2D eigenvalue weighted by molar-refractivity contribution is -0.384. The Balaban J connectivity index is 3.30. The number of benzene rings is 1. The summed E-state index contributed by atoms with van der Waals surface area (Å²) in [6.45, 7) is 3.19. The van der Waals surface area contributed by atoms with Crippen LogP contribution in [-0.2, 0) is 4.79 Å². The number of nitro groups is 1. The number of nitrogens with zero attached hydrogens (tertiary/aromatic N) is 1. The number of carboxylic acids is 1. The van der Waals surface area contributed by atoms with Crippen molar-refractivity contribution in [3.63, 3.8) is 0 Å². The minimum Gasteiger partial charge on any atom is -0.478 e. The number of amides is 1. The van der Waals surface area contributed by atoms with E-state index >= 15 is 0 Å². The Labute approximate surface area is 114 Å². The number of carbonyl (C=O) groups excluding carboxylic acids is 1. The monoisotopic (exact) mass is 281 g/mol. The van der Waals surface area contributed by atoms with Crippen molar-refractivity contribution in [3.8, 4) is 0 Å². The molecule has 0 spiro atoms. The predicted molar refractivity (Wildman–Crippen MR) is 71.6 cm³/mol. The van der Waals surface area contributed by atoms with Crippen LogP contribution >= 0.6 is 0 Å². The van der Waals surface area contributed by atoms with Gasteiger partial charge >= 0.3 is 5.97 Å². The van der Waals surface area contributed by atoms with Gasteiger partial charge in [0.15, 0.2) is 0 Å². The summed E-state index contributed by atoms with van der Waals surface area (Å²) in [7, 11) is 0. The molecule has 4 N–H and O–H groups in total. The van der Waals surface area contributed by atoms with Gasteiger partial charge in [-0.15, -0.1) is 0 Å². The zero-order valence-electron chi connectivity index (χ0n) is 11.0. The summed E-state index contributed by atoms with van der Waals surface area (Å²) in [6.07, 6.45) is -0.0991. The number of nitro benzene ring substituents is 1. The molecule has 0 aromatic heterocycles. The van der Waals surface area contributed by atoms with Gasteiger partial charge in [0.05, 0.1) is 10.5 Å². The van der Waals surface area contributed by atoms with Gasteiger partial charge in [-0.25, -0.2) is 4.79 Å². The molecule has 1 rings (SSSR count). The summed E-state index contributed by atoms with van der Waals surface area (Å²) >= 11 is 0. The normalized spacial score (nSPS) is 10.9. The largest absolute Gasteiger partial charge is 0.478 e. The van der Waals surface area contributed by atoms with E-state index in [9.17, 15) is 19.7 Å². The van der Waals surface area contributed by atoms with E-state index in [4.69, 9.17) is 10.8 Å². The molecule has 0 saturated carbocycles. The van der Waals surface area contributed by atoms with Crippen LogP contribution < -0.4 is 11.1 Å². The second-order valence-corrected chi connectivity index (χ2v) is 4.91. The average Bonchev–Trinajstić information content (AvgIpc) is 2.25. The summed E-state index contributed by atoms with van der Waals surface area (Å²) in [5, 5.41) is 22.8. The highest BCUT2D eigenvalue weighted by Gasteiger charge is 2.28. The third kappa shape index (κ3) is 3.67. The lowest BCUT2D eigenvalue weighted by Crippen LogP contribution is -2.36. The van der Waals surface area contributed by atoms with Crippen molar-refractivity contribution in [2.45, 2.75) is 25.8 Å². The molecule has 0 fully saturated rings. The van der Waals surface area contributed by atoms with Gasteiger partial charge in [0.2, 0.25) is 5.91 Å². The third-order valence-corrected chi connectivity index (χ3v) is 2.55. The topological polar surface area (TPSA) is 136 Å². The fourth-order valence-corrected chi connectivity index (χ4v) is 1.82. The first kappa shape index (κ1) is 15.4. The smallest absolute Gasteiger partial charge is 0.338 e. The average molecular weight is 281 g/mol. The minimum atomic E-state index is -1.30. The number of hydrogen-bond acceptors (Lipinski definition) is 5. The Morgan fingerprint density at radius 2 is 2.05 bits per heavy atom. The Bertz CT molecular complexity index is 536. The summed E-state index contributed by atoms with van der Waals surface area (Å²) in [5.74, 6) is -1.90. The lowest BCUT2D eigenvalue weighted by Gasteiger charge is -2.26. The van der Waals surface area contributed by atoms with Crippen LogP contribution in [0.4, 0.5) is 11.4 Å². The number of rotatable bonds is 6. The zero-order valence-corrected chi connectivity index (χ0v) is 11.0. The van der Waals surface area contributed by atoms with Gasteiger partial charge in [0.25, 0.3) is 5.69 Å². The van der Waals surface area contributed by atoms with Crippen molar-refractivity contribution >= 4 is 23.3 Å². The molecule has 1 aromatic carbocycles. The van der Waals surface area contributed by atoms with Crippen LogP contribution in [0.3, 0.4) is 0 Å². The maximum absolute atomic E-state index is 11.2. The molecule has 0 unspecified atom stereocenters. The van der Waals surface area contributed by atoms with E-state index in [1.165, 1.54) is 18.2 Å². The van der Waals surface area contributed by atoms with Crippen molar-refractivity contribution in [2.75, 3.05) is 5.32 Å². The molecule has 0 bridgehead atoms. The first-order chi connectivity index (χ1) is 9.14. The van der Waals surface area contributed by atoms with Crippen LogP contribution in [0.2, 0.25) is 0 Å². The number of nitrogens with two attached hydrogens (primary N) is 1. The number of anilines is 1. The quantitative estimate of drug-likeness (QED) is 0.532. The second-order valence-electron chi connectivity index (χ2n) is 4.91. The lowest BCUT2D eigenvalue weighted by atomic mass is 9.98. The maximum Gasteiger partial charge on any atom is 0.338 e. The van der Waals surface area contributed by atoms with Crippen LogP contribution in [-0.4, -0.2) is 27.4 Å². The minimum absolute atomic E-state index is 0.0991. The van der Waals surface area contributed by atoms with Gasteiger partial charge in [-0.1, -0.05) is 6.07 Å². The van der Waals surface area contributed by atoms with Gasteiger partial charge in [-0.05, 0) is 19.9 Å². The molecule has 1 amide bonds. The highest BCUT2D eigenvalue weighted by molar-refractivity contribution is 5.97. The molecule has 0 saturated heterocycles. The molecule has 0 aliphatic heterocycles. The van der Waals surface area contributed by atoms with Crippen LogP contribution in [0.5, 0.6) is 0 Å². The van der Waals surface area contributed by atoms with Gasteiger partial charge < -0.3 is 16.2 Å². The number of carbonyl (C=O) groups is 2. The van der Waals surface area contributed by atoms with Crippen LogP contribution in [0, 0.1) is 10.1 Å². The van der Waals surface area contributed by atoms with Gasteiger partial charge in [0, 0.05) is 18.0 Å². The van der Waals surface area contributed by atoms with Gasteiger partial charge in [-0.3, -0.25) is 14.9 Å². The molecule has 0 aliphatic rings. The molecule has 8 nitrogen and oxygen atoms in total. The first-order valence-electron chi connectivity index (χ1n) is 5.71. The van der Waals surface area contributed by atoms with Crippen molar-refractivity contribution in [1.29, 1.82) is 0 Å². The fourth-order valence-electron chi connectivity index (χ4n) is 1.82.